The lowest BCUT2D eigenvalue weighted by atomic mass is 10.7. The molecule has 0 saturated carbocycles. The molecule has 1 aromatic rings. The van der Waals surface area contributed by atoms with Crippen LogP contribution >= 0.6 is 0 Å². The van der Waals surface area contributed by atoms with E-state index in [1.807, 2.05) is 6.92 Å². The van der Waals surface area contributed by atoms with Crippen LogP contribution in [0.1, 0.15) is 6.92 Å². The van der Waals surface area contributed by atoms with Crippen molar-refractivity contribution in [3.8, 4) is 0 Å². The fraction of sp³-hybridized carbons (Fsp3) is 0.500. The number of aromatic nitrogens is 2. The molecule has 90 valence electrons. The molecule has 0 saturated heterocycles. The lowest BCUT2D eigenvalue weighted by Crippen LogP contribution is -2.30. The molecule has 16 heavy (non-hydrogen) atoms. The second-order valence-electron chi connectivity index (χ2n) is 2.94. The van der Waals surface area contributed by atoms with Crippen LogP contribution in [0.15, 0.2) is 17.6 Å². The first-order chi connectivity index (χ1) is 7.49. The van der Waals surface area contributed by atoms with Crippen LogP contribution < -0.4 is 4.72 Å². The van der Waals surface area contributed by atoms with Gasteiger partial charge in [0.15, 0.2) is 5.03 Å². The Labute approximate surface area is 93.5 Å². The quantitative estimate of drug-likeness (QED) is 0.698. The number of rotatable bonds is 5. The van der Waals surface area contributed by atoms with Crippen molar-refractivity contribution in [2.45, 2.75) is 18.5 Å². The maximum atomic E-state index is 11.6. The van der Waals surface area contributed by atoms with E-state index >= 15 is 0 Å². The molecule has 8 heteroatoms. The van der Waals surface area contributed by atoms with Crippen LogP contribution in [0.4, 0.5) is 0 Å². The van der Waals surface area contributed by atoms with Gasteiger partial charge in [0.05, 0.1) is 13.4 Å². The summed E-state index contributed by atoms with van der Waals surface area (Å²) in [6.45, 7) is 2.08. The van der Waals surface area contributed by atoms with E-state index in [4.69, 9.17) is 0 Å². The summed E-state index contributed by atoms with van der Waals surface area (Å²) in [7, 11) is -2.55. The highest BCUT2D eigenvalue weighted by Crippen LogP contribution is 2.04. The zero-order valence-corrected chi connectivity index (χ0v) is 9.82. The van der Waals surface area contributed by atoms with Crippen LogP contribution in [0.3, 0.4) is 0 Å². The predicted octanol–water partition coefficient (Wildman–Crippen LogP) is -0.646. The average molecular weight is 247 g/mol. The average Bonchev–Trinajstić information content (AvgIpc) is 2.75. The van der Waals surface area contributed by atoms with Crippen LogP contribution in [0.5, 0.6) is 0 Å². The maximum Gasteiger partial charge on any atom is 0.320 e. The Morgan fingerprint density at radius 2 is 2.31 bits per heavy atom. The van der Waals surface area contributed by atoms with E-state index in [-0.39, 0.29) is 5.03 Å². The number of sulfonamides is 1. The molecule has 0 radical (unpaired) electrons. The summed E-state index contributed by atoms with van der Waals surface area (Å²) in [5, 5.41) is -0.113. The highest BCUT2D eigenvalue weighted by molar-refractivity contribution is 7.89. The number of carbonyl (C=O) groups is 1. The summed E-state index contributed by atoms with van der Waals surface area (Å²) in [6, 6.07) is 0. The summed E-state index contributed by atoms with van der Waals surface area (Å²) < 4.78 is 31.2. The number of aryl methyl sites for hydroxylation is 1. The molecule has 1 rings (SSSR count). The van der Waals surface area contributed by atoms with E-state index in [0.29, 0.717) is 6.54 Å². The summed E-state index contributed by atoms with van der Waals surface area (Å²) >= 11 is 0. The molecule has 0 aliphatic carbocycles. The third-order valence-electron chi connectivity index (χ3n) is 1.88. The van der Waals surface area contributed by atoms with Crippen LogP contribution in [-0.4, -0.2) is 37.6 Å². The van der Waals surface area contributed by atoms with Crippen molar-refractivity contribution in [2.24, 2.45) is 0 Å². The molecule has 0 aliphatic heterocycles. The van der Waals surface area contributed by atoms with Crippen LogP contribution in [0, 0.1) is 0 Å². The minimum atomic E-state index is -3.74. The molecular formula is C8H13N3O4S. The van der Waals surface area contributed by atoms with Gasteiger partial charge in [-0.1, -0.05) is 0 Å². The van der Waals surface area contributed by atoms with Gasteiger partial charge >= 0.3 is 5.97 Å². The summed E-state index contributed by atoms with van der Waals surface area (Å²) in [6.07, 6.45) is 2.80. The third-order valence-corrected chi connectivity index (χ3v) is 3.17. The Hall–Kier alpha value is -1.41. The van der Waals surface area contributed by atoms with Crippen molar-refractivity contribution in [1.29, 1.82) is 0 Å². The lowest BCUT2D eigenvalue weighted by Gasteiger charge is -2.02. The normalized spacial score (nSPS) is 11.4. The largest absolute Gasteiger partial charge is 0.468 e. The van der Waals surface area contributed by atoms with E-state index in [1.165, 1.54) is 19.6 Å². The van der Waals surface area contributed by atoms with Crippen LogP contribution in [-0.2, 0) is 26.1 Å². The first-order valence-corrected chi connectivity index (χ1v) is 6.06. The zero-order chi connectivity index (χ0) is 12.2. The van der Waals surface area contributed by atoms with E-state index in [9.17, 15) is 13.2 Å². The fourth-order valence-electron chi connectivity index (χ4n) is 0.951. The summed E-state index contributed by atoms with van der Waals surface area (Å²) in [5.74, 6) is -0.654. The minimum absolute atomic E-state index is 0.113. The van der Waals surface area contributed by atoms with Crippen molar-refractivity contribution in [2.75, 3.05) is 13.7 Å². The van der Waals surface area contributed by atoms with Crippen molar-refractivity contribution in [3.63, 3.8) is 0 Å². The van der Waals surface area contributed by atoms with Crippen molar-refractivity contribution in [3.05, 3.63) is 12.5 Å². The maximum absolute atomic E-state index is 11.6. The number of imidazole rings is 1. The Kier molecular flexibility index (Phi) is 4.02. The van der Waals surface area contributed by atoms with Gasteiger partial charge in [-0.05, 0) is 6.92 Å². The molecule has 0 fully saturated rings. The number of nitrogens with zero attached hydrogens (tertiary/aromatic N) is 2. The smallest absolute Gasteiger partial charge is 0.320 e. The number of ether oxygens (including phenoxy) is 1. The number of nitrogens with one attached hydrogen (secondary N) is 1. The molecule has 1 N–H and O–H groups in total. The van der Waals surface area contributed by atoms with E-state index in [0.717, 1.165) is 0 Å². The highest BCUT2D eigenvalue weighted by Gasteiger charge is 2.18. The molecule has 0 bridgehead atoms. The summed E-state index contributed by atoms with van der Waals surface area (Å²) in [5.41, 5.74) is 0. The highest BCUT2D eigenvalue weighted by atomic mass is 32.2. The molecule has 0 amide bonds. The molecule has 1 heterocycles. The minimum Gasteiger partial charge on any atom is -0.468 e. The molecular weight excluding hydrogens is 234 g/mol. The van der Waals surface area contributed by atoms with Crippen LogP contribution in [0.2, 0.25) is 0 Å². The second-order valence-corrected chi connectivity index (χ2v) is 4.66. The number of esters is 1. The lowest BCUT2D eigenvalue weighted by molar-refractivity contribution is -0.139. The monoisotopic (exact) mass is 247 g/mol. The van der Waals surface area contributed by atoms with E-state index in [1.54, 1.807) is 4.57 Å². The van der Waals surface area contributed by atoms with Gasteiger partial charge in [0.25, 0.3) is 10.0 Å². The van der Waals surface area contributed by atoms with Gasteiger partial charge in [0.2, 0.25) is 0 Å². The molecule has 0 aromatic carbocycles. The van der Waals surface area contributed by atoms with Gasteiger partial charge in [0, 0.05) is 12.7 Å². The fourth-order valence-corrected chi connectivity index (χ4v) is 1.87. The molecule has 0 atom stereocenters. The van der Waals surface area contributed by atoms with Crippen LogP contribution in [0.25, 0.3) is 0 Å². The Balaban J connectivity index is 2.74. The topological polar surface area (TPSA) is 90.3 Å². The van der Waals surface area contributed by atoms with Gasteiger partial charge in [0.1, 0.15) is 6.54 Å². The van der Waals surface area contributed by atoms with Gasteiger partial charge in [-0.3, -0.25) is 4.79 Å². The first-order valence-electron chi connectivity index (χ1n) is 4.58. The molecule has 0 aliphatic rings. The van der Waals surface area contributed by atoms with E-state index < -0.39 is 22.5 Å². The number of carbonyl (C=O) groups excluding carboxylic acids is 1. The van der Waals surface area contributed by atoms with Gasteiger partial charge < -0.3 is 9.30 Å². The second kappa shape index (κ2) is 5.08. The predicted molar refractivity (Wildman–Crippen MR) is 55.1 cm³/mol. The van der Waals surface area contributed by atoms with Gasteiger partial charge in [-0.25, -0.2) is 13.4 Å². The van der Waals surface area contributed by atoms with Crippen molar-refractivity contribution < 1.29 is 17.9 Å². The standard InChI is InChI=1S/C8H13N3O4S/c1-3-11-5-7(9-6-11)16(13,14)10-4-8(12)15-2/h5-6,10H,3-4H2,1-2H3. The molecule has 0 spiro atoms. The Bertz CT molecular complexity index is 465. The first kappa shape index (κ1) is 12.7. The number of methoxy groups -OCH3 is 1. The summed E-state index contributed by atoms with van der Waals surface area (Å²) in [4.78, 5) is 14.5. The number of hydrogen-bond acceptors (Lipinski definition) is 5. The molecule has 7 nitrogen and oxygen atoms in total. The van der Waals surface area contributed by atoms with Crippen molar-refractivity contribution >= 4 is 16.0 Å². The SMILES string of the molecule is CCn1cnc(S(=O)(=O)NCC(=O)OC)c1. The third kappa shape index (κ3) is 3.04. The van der Waals surface area contributed by atoms with Gasteiger partial charge in [-0.15, -0.1) is 0 Å². The number of hydrogen-bond donors (Lipinski definition) is 1. The molecule has 0 unspecified atom stereocenters. The Morgan fingerprint density at radius 3 is 2.81 bits per heavy atom. The molecule has 1 aromatic heterocycles. The Morgan fingerprint density at radius 1 is 1.62 bits per heavy atom. The van der Waals surface area contributed by atoms with E-state index in [2.05, 4.69) is 14.4 Å². The van der Waals surface area contributed by atoms with Gasteiger partial charge in [-0.2, -0.15) is 4.72 Å². The zero-order valence-electron chi connectivity index (χ0n) is 9.00. The van der Waals surface area contributed by atoms with Crippen molar-refractivity contribution in [1.82, 2.24) is 14.3 Å².